The van der Waals surface area contributed by atoms with Gasteiger partial charge >= 0.3 is 0 Å². The Balaban J connectivity index is 1.67. The van der Waals surface area contributed by atoms with Crippen LogP contribution in [0.4, 0.5) is 11.4 Å². The molecular formula is C20H24N4O2. The van der Waals surface area contributed by atoms with E-state index >= 15 is 0 Å². The summed E-state index contributed by atoms with van der Waals surface area (Å²) in [5.74, 6) is -0.551. The summed E-state index contributed by atoms with van der Waals surface area (Å²) in [5.41, 5.74) is 2.54. The summed E-state index contributed by atoms with van der Waals surface area (Å²) in [6.45, 7) is 5.93. The number of nitrogens with one attached hydrogen (secondary N) is 2. The number of benzene rings is 1. The molecule has 26 heavy (non-hydrogen) atoms. The normalized spacial score (nSPS) is 13.7. The molecule has 2 aromatic rings. The van der Waals surface area contributed by atoms with Crippen molar-refractivity contribution in [3.8, 4) is 0 Å². The van der Waals surface area contributed by atoms with Crippen LogP contribution >= 0.6 is 0 Å². The Morgan fingerprint density at radius 2 is 1.73 bits per heavy atom. The quantitative estimate of drug-likeness (QED) is 0.867. The van der Waals surface area contributed by atoms with Crippen molar-refractivity contribution in [3.05, 3.63) is 53.9 Å². The Morgan fingerprint density at radius 1 is 1.04 bits per heavy atom. The molecular weight excluding hydrogens is 328 g/mol. The Bertz CT molecular complexity index is 781. The number of carbonyl (C=O) groups excluding carboxylic acids is 2. The van der Waals surface area contributed by atoms with Gasteiger partial charge in [-0.25, -0.2) is 0 Å². The zero-order chi connectivity index (χ0) is 18.5. The van der Waals surface area contributed by atoms with Crippen molar-refractivity contribution in [2.24, 2.45) is 0 Å². The Hall–Kier alpha value is -2.89. The third-order valence-electron chi connectivity index (χ3n) is 4.27. The molecule has 0 atom stereocenters. The topological polar surface area (TPSA) is 74.3 Å². The van der Waals surface area contributed by atoms with Crippen LogP contribution in [0.1, 0.15) is 47.5 Å². The minimum absolute atomic E-state index is 0.0101. The lowest BCUT2D eigenvalue weighted by molar-refractivity contribution is 0.0938. The lowest BCUT2D eigenvalue weighted by Gasteiger charge is -2.17. The smallest absolute Gasteiger partial charge is 0.270 e. The van der Waals surface area contributed by atoms with Crippen LogP contribution in [-0.2, 0) is 0 Å². The van der Waals surface area contributed by atoms with Crippen molar-refractivity contribution in [1.29, 1.82) is 0 Å². The standard InChI is InChI=1S/C20H24N4O2/c1-14(2)22-20(26)18-13-15(9-10-21-18)19(25)23-16-5-7-17(8-6-16)24-11-3-4-12-24/h5-10,13-14H,3-4,11-12H2,1-2H3,(H,22,26)(H,23,25). The van der Waals surface area contributed by atoms with E-state index in [2.05, 4.69) is 20.5 Å². The van der Waals surface area contributed by atoms with Crippen LogP contribution in [0.3, 0.4) is 0 Å². The third-order valence-corrected chi connectivity index (χ3v) is 4.27. The predicted octanol–water partition coefficient (Wildman–Crippen LogP) is 3.07. The van der Waals surface area contributed by atoms with Crippen molar-refractivity contribution in [2.45, 2.75) is 32.7 Å². The van der Waals surface area contributed by atoms with Gasteiger partial charge in [0.25, 0.3) is 11.8 Å². The molecule has 1 fully saturated rings. The third kappa shape index (κ3) is 4.39. The minimum atomic E-state index is -0.287. The highest BCUT2D eigenvalue weighted by atomic mass is 16.2. The van der Waals surface area contributed by atoms with E-state index in [9.17, 15) is 9.59 Å². The molecule has 1 aliphatic heterocycles. The zero-order valence-electron chi connectivity index (χ0n) is 15.2. The molecule has 0 unspecified atom stereocenters. The van der Waals surface area contributed by atoms with Gasteiger partial charge in [0.1, 0.15) is 5.69 Å². The fourth-order valence-corrected chi connectivity index (χ4v) is 2.97. The van der Waals surface area contributed by atoms with E-state index in [1.807, 2.05) is 38.1 Å². The van der Waals surface area contributed by atoms with E-state index in [4.69, 9.17) is 0 Å². The number of anilines is 2. The molecule has 2 amide bonds. The molecule has 1 aliphatic rings. The average Bonchev–Trinajstić information content (AvgIpc) is 3.16. The summed E-state index contributed by atoms with van der Waals surface area (Å²) in [6.07, 6.45) is 3.93. The molecule has 0 aliphatic carbocycles. The van der Waals surface area contributed by atoms with Crippen molar-refractivity contribution in [2.75, 3.05) is 23.3 Å². The van der Waals surface area contributed by atoms with E-state index in [0.29, 0.717) is 5.56 Å². The summed E-state index contributed by atoms with van der Waals surface area (Å²) in [6, 6.07) is 11.0. The zero-order valence-corrected chi connectivity index (χ0v) is 15.2. The van der Waals surface area contributed by atoms with Crippen molar-refractivity contribution < 1.29 is 9.59 Å². The van der Waals surface area contributed by atoms with Crippen LogP contribution < -0.4 is 15.5 Å². The molecule has 3 rings (SSSR count). The van der Waals surface area contributed by atoms with Gasteiger partial charge in [-0.2, -0.15) is 0 Å². The number of hydrogen-bond donors (Lipinski definition) is 2. The van der Waals surface area contributed by atoms with Crippen LogP contribution in [0, 0.1) is 0 Å². The Kier molecular flexibility index (Phi) is 5.51. The molecule has 136 valence electrons. The maximum atomic E-state index is 12.5. The number of carbonyl (C=O) groups is 2. The fraction of sp³-hybridized carbons (Fsp3) is 0.350. The number of amides is 2. The largest absolute Gasteiger partial charge is 0.372 e. The molecule has 0 bridgehead atoms. The van der Waals surface area contributed by atoms with Gasteiger partial charge in [0.15, 0.2) is 0 Å². The lowest BCUT2D eigenvalue weighted by Crippen LogP contribution is -2.31. The van der Waals surface area contributed by atoms with Gasteiger partial charge in [-0.3, -0.25) is 14.6 Å². The van der Waals surface area contributed by atoms with E-state index in [1.165, 1.54) is 30.8 Å². The number of rotatable bonds is 5. The van der Waals surface area contributed by atoms with Crippen LogP contribution in [0.15, 0.2) is 42.6 Å². The minimum Gasteiger partial charge on any atom is -0.372 e. The maximum Gasteiger partial charge on any atom is 0.270 e. The summed E-state index contributed by atoms with van der Waals surface area (Å²) >= 11 is 0. The first-order valence-electron chi connectivity index (χ1n) is 8.96. The second-order valence-electron chi connectivity index (χ2n) is 6.75. The second-order valence-corrected chi connectivity index (χ2v) is 6.75. The molecule has 0 saturated carbocycles. The number of aromatic nitrogens is 1. The van der Waals surface area contributed by atoms with Gasteiger partial charge < -0.3 is 15.5 Å². The van der Waals surface area contributed by atoms with E-state index < -0.39 is 0 Å². The SMILES string of the molecule is CC(C)NC(=O)c1cc(C(=O)Nc2ccc(N3CCCC3)cc2)ccn1. The monoisotopic (exact) mass is 352 g/mol. The van der Waals surface area contributed by atoms with Gasteiger partial charge in [0.2, 0.25) is 0 Å². The van der Waals surface area contributed by atoms with Gasteiger partial charge in [-0.1, -0.05) is 0 Å². The molecule has 1 aromatic heterocycles. The molecule has 2 N–H and O–H groups in total. The van der Waals surface area contributed by atoms with Gasteiger partial charge in [0.05, 0.1) is 0 Å². The molecule has 1 aromatic carbocycles. The first-order valence-corrected chi connectivity index (χ1v) is 8.96. The molecule has 6 nitrogen and oxygen atoms in total. The summed E-state index contributed by atoms with van der Waals surface area (Å²) < 4.78 is 0. The van der Waals surface area contributed by atoms with Crippen LogP contribution in [0.25, 0.3) is 0 Å². The van der Waals surface area contributed by atoms with Gasteiger partial charge in [-0.15, -0.1) is 0 Å². The Morgan fingerprint density at radius 3 is 2.38 bits per heavy atom. The van der Waals surface area contributed by atoms with E-state index in [1.54, 1.807) is 6.07 Å². The average molecular weight is 352 g/mol. The fourth-order valence-electron chi connectivity index (χ4n) is 2.97. The first kappa shape index (κ1) is 17.9. The van der Waals surface area contributed by atoms with Crippen LogP contribution in [0.2, 0.25) is 0 Å². The van der Waals surface area contributed by atoms with Crippen molar-refractivity contribution >= 4 is 23.2 Å². The number of pyridine rings is 1. The van der Waals surface area contributed by atoms with Crippen LogP contribution in [-0.4, -0.2) is 35.9 Å². The number of hydrogen-bond acceptors (Lipinski definition) is 4. The molecule has 0 radical (unpaired) electrons. The predicted molar refractivity (Wildman–Crippen MR) is 103 cm³/mol. The summed E-state index contributed by atoms with van der Waals surface area (Å²) in [7, 11) is 0. The highest BCUT2D eigenvalue weighted by molar-refractivity contribution is 6.05. The van der Waals surface area contributed by atoms with Crippen molar-refractivity contribution in [1.82, 2.24) is 10.3 Å². The van der Waals surface area contributed by atoms with E-state index in [-0.39, 0.29) is 23.6 Å². The van der Waals surface area contributed by atoms with Gasteiger partial charge in [0, 0.05) is 42.3 Å². The first-order chi connectivity index (χ1) is 12.5. The highest BCUT2D eigenvalue weighted by Crippen LogP contribution is 2.22. The van der Waals surface area contributed by atoms with Crippen molar-refractivity contribution in [3.63, 3.8) is 0 Å². The maximum absolute atomic E-state index is 12.5. The van der Waals surface area contributed by atoms with E-state index in [0.717, 1.165) is 18.8 Å². The second kappa shape index (κ2) is 7.99. The lowest BCUT2D eigenvalue weighted by atomic mass is 10.2. The Labute approximate surface area is 153 Å². The van der Waals surface area contributed by atoms with Gasteiger partial charge in [-0.05, 0) is 63.1 Å². The molecule has 1 saturated heterocycles. The number of nitrogens with zero attached hydrogens (tertiary/aromatic N) is 2. The summed E-state index contributed by atoms with van der Waals surface area (Å²) in [4.78, 5) is 30.9. The summed E-state index contributed by atoms with van der Waals surface area (Å²) in [5, 5.41) is 5.64. The molecule has 2 heterocycles. The molecule has 6 heteroatoms. The molecule has 0 spiro atoms. The van der Waals surface area contributed by atoms with Crippen LogP contribution in [0.5, 0.6) is 0 Å². The highest BCUT2D eigenvalue weighted by Gasteiger charge is 2.14.